The van der Waals surface area contributed by atoms with Gasteiger partial charge in [-0.15, -0.1) is 0 Å². The Labute approximate surface area is 246 Å². The van der Waals surface area contributed by atoms with E-state index >= 15 is 0 Å². The molecule has 11 atom stereocenters. The van der Waals surface area contributed by atoms with E-state index in [0.29, 0.717) is 18.8 Å². The molecule has 5 rings (SSSR count). The molecule has 4 aliphatic carbocycles. The van der Waals surface area contributed by atoms with Crippen molar-refractivity contribution in [3.63, 3.8) is 0 Å². The van der Waals surface area contributed by atoms with E-state index in [9.17, 15) is 19.5 Å². The van der Waals surface area contributed by atoms with Gasteiger partial charge in [-0.3, -0.25) is 9.59 Å². The molecule has 1 heterocycles. The average Bonchev–Trinajstić information content (AvgIpc) is 3.18. The third-order valence-corrected chi connectivity index (χ3v) is 13.0. The number of hydrogen-bond donors (Lipinski definition) is 1. The van der Waals surface area contributed by atoms with Gasteiger partial charge in [0.2, 0.25) is 0 Å². The van der Waals surface area contributed by atoms with Crippen LogP contribution in [0.1, 0.15) is 120 Å². The van der Waals surface area contributed by atoms with Gasteiger partial charge in [0, 0.05) is 22.8 Å². The summed E-state index contributed by atoms with van der Waals surface area (Å²) in [7, 11) is 0. The van der Waals surface area contributed by atoms with Crippen LogP contribution >= 0.6 is 0 Å². The van der Waals surface area contributed by atoms with Crippen LogP contribution in [-0.2, 0) is 28.6 Å². The third kappa shape index (κ3) is 4.50. The van der Waals surface area contributed by atoms with E-state index in [4.69, 9.17) is 14.2 Å². The maximum Gasteiger partial charge on any atom is 0.335 e. The summed E-state index contributed by atoms with van der Waals surface area (Å²) < 4.78 is 18.1. The lowest BCUT2D eigenvalue weighted by molar-refractivity contribution is -0.237. The molecule has 0 amide bonds. The van der Waals surface area contributed by atoms with Gasteiger partial charge >= 0.3 is 17.9 Å². The van der Waals surface area contributed by atoms with E-state index in [1.54, 1.807) is 6.92 Å². The van der Waals surface area contributed by atoms with Crippen molar-refractivity contribution in [2.24, 2.45) is 39.4 Å². The van der Waals surface area contributed by atoms with Crippen molar-refractivity contribution in [2.75, 3.05) is 0 Å². The number of carbonyl (C=O) groups is 3. The molecule has 0 aromatic carbocycles. The van der Waals surface area contributed by atoms with Crippen molar-refractivity contribution >= 4 is 17.9 Å². The molecule has 7 nitrogen and oxygen atoms in total. The molecule has 7 heteroatoms. The highest BCUT2D eigenvalue weighted by atomic mass is 16.6. The predicted octanol–water partition coefficient (Wildman–Crippen LogP) is 6.30. The Hall–Kier alpha value is -1.89. The summed E-state index contributed by atoms with van der Waals surface area (Å²) in [6.07, 6.45) is 6.36. The van der Waals surface area contributed by atoms with Gasteiger partial charge in [0.15, 0.2) is 0 Å². The fraction of sp³-hybridized carbons (Fsp3) is 0.853. The summed E-state index contributed by atoms with van der Waals surface area (Å²) in [6, 6.07) is 0. The first-order valence-electron chi connectivity index (χ1n) is 16.1. The second-order valence-corrected chi connectivity index (χ2v) is 15.1. The van der Waals surface area contributed by atoms with E-state index in [-0.39, 0.29) is 58.6 Å². The zero-order chi connectivity index (χ0) is 30.1. The standard InChI is InChI=1S/C34H52O7/c1-9-27(36)40-21(4)31(5)14-10-15-32(6)23(31)13-16-33(7)24-12-11-22-20(3)39-30(38)29(22)34(24,8)26(18-25(32)33)41-28(37)17-19(2)35/h19-21,23-26,35H,9-18H2,1-8H3/t19?,20-,21?,23+,24+,25-,26+,31-,32+,33+,34-/m1/s1. The quantitative estimate of drug-likeness (QED) is 0.294. The smallest absolute Gasteiger partial charge is 0.335 e. The van der Waals surface area contributed by atoms with Crippen LogP contribution in [0.25, 0.3) is 0 Å². The molecule has 41 heavy (non-hydrogen) atoms. The summed E-state index contributed by atoms with van der Waals surface area (Å²) in [5.74, 6) is 0.00309. The maximum absolute atomic E-state index is 13.4. The highest BCUT2D eigenvalue weighted by Gasteiger charge is 2.70. The maximum atomic E-state index is 13.4. The fourth-order valence-corrected chi connectivity index (χ4v) is 11.0. The third-order valence-electron chi connectivity index (χ3n) is 13.0. The van der Waals surface area contributed by atoms with E-state index in [0.717, 1.165) is 56.1 Å². The number of esters is 3. The molecule has 1 aliphatic heterocycles. The minimum absolute atomic E-state index is 0.0265. The van der Waals surface area contributed by atoms with Crippen molar-refractivity contribution in [3.8, 4) is 0 Å². The number of carbonyl (C=O) groups excluding carboxylic acids is 3. The second-order valence-electron chi connectivity index (χ2n) is 15.1. The summed E-state index contributed by atoms with van der Waals surface area (Å²) in [4.78, 5) is 38.9. The van der Waals surface area contributed by atoms with E-state index < -0.39 is 23.6 Å². The van der Waals surface area contributed by atoms with Crippen LogP contribution in [0.4, 0.5) is 0 Å². The molecule has 0 bridgehead atoms. The van der Waals surface area contributed by atoms with Gasteiger partial charge in [0.05, 0.1) is 12.5 Å². The molecule has 230 valence electrons. The predicted molar refractivity (Wildman–Crippen MR) is 154 cm³/mol. The van der Waals surface area contributed by atoms with Crippen LogP contribution in [0.3, 0.4) is 0 Å². The Kier molecular flexibility index (Phi) is 7.74. The van der Waals surface area contributed by atoms with Crippen molar-refractivity contribution in [1.29, 1.82) is 0 Å². The molecule has 0 spiro atoms. The van der Waals surface area contributed by atoms with Gasteiger partial charge in [0.25, 0.3) is 0 Å². The lowest BCUT2D eigenvalue weighted by atomic mass is 9.34. The van der Waals surface area contributed by atoms with Gasteiger partial charge in [-0.1, -0.05) is 41.0 Å². The fourth-order valence-electron chi connectivity index (χ4n) is 11.0. The van der Waals surface area contributed by atoms with Crippen molar-refractivity contribution in [2.45, 2.75) is 144 Å². The first-order valence-corrected chi connectivity index (χ1v) is 16.1. The van der Waals surface area contributed by atoms with Crippen LogP contribution in [-0.4, -0.2) is 47.4 Å². The number of aliphatic hydroxyl groups is 1. The van der Waals surface area contributed by atoms with Gasteiger partial charge in [-0.25, -0.2) is 4.79 Å². The molecule has 0 aromatic rings. The summed E-state index contributed by atoms with van der Waals surface area (Å²) >= 11 is 0. The van der Waals surface area contributed by atoms with Crippen molar-refractivity contribution < 1.29 is 33.7 Å². The van der Waals surface area contributed by atoms with Crippen molar-refractivity contribution in [3.05, 3.63) is 11.1 Å². The van der Waals surface area contributed by atoms with Crippen LogP contribution in [0.15, 0.2) is 11.1 Å². The topological polar surface area (TPSA) is 99.1 Å². The Balaban J connectivity index is 1.57. The number of ether oxygens (including phenoxy) is 3. The van der Waals surface area contributed by atoms with Crippen LogP contribution in [0.2, 0.25) is 0 Å². The summed E-state index contributed by atoms with van der Waals surface area (Å²) in [6.45, 7) is 16.8. The summed E-state index contributed by atoms with van der Waals surface area (Å²) in [5.41, 5.74) is 0.979. The number of fused-ring (bicyclic) bond motifs is 6. The molecule has 1 N–H and O–H groups in total. The second kappa shape index (κ2) is 10.4. The van der Waals surface area contributed by atoms with Crippen LogP contribution in [0.5, 0.6) is 0 Å². The molecular formula is C34H52O7. The lowest BCUT2D eigenvalue weighted by Crippen LogP contribution is -2.67. The molecule has 5 aliphatic rings. The molecule has 0 aromatic heterocycles. The molecule has 0 saturated heterocycles. The van der Waals surface area contributed by atoms with Crippen LogP contribution in [0, 0.1) is 39.4 Å². The van der Waals surface area contributed by atoms with Crippen molar-refractivity contribution in [1.82, 2.24) is 0 Å². The Morgan fingerprint density at radius 3 is 2.34 bits per heavy atom. The molecule has 0 radical (unpaired) electrons. The minimum atomic E-state index is -0.791. The van der Waals surface area contributed by atoms with E-state index in [1.165, 1.54) is 0 Å². The molecular weight excluding hydrogens is 520 g/mol. The zero-order valence-electron chi connectivity index (χ0n) is 26.5. The molecule has 2 unspecified atom stereocenters. The monoisotopic (exact) mass is 572 g/mol. The lowest BCUT2D eigenvalue weighted by Gasteiger charge is -2.70. The van der Waals surface area contributed by atoms with Gasteiger partial charge in [-0.05, 0) is 99.9 Å². The minimum Gasteiger partial charge on any atom is -0.462 e. The van der Waals surface area contributed by atoms with E-state index in [2.05, 4.69) is 34.6 Å². The first kappa shape index (κ1) is 30.6. The Morgan fingerprint density at radius 2 is 1.68 bits per heavy atom. The number of hydrogen-bond acceptors (Lipinski definition) is 7. The Morgan fingerprint density at radius 1 is 1.00 bits per heavy atom. The Bertz CT molecular complexity index is 1130. The number of rotatable bonds is 6. The SMILES string of the molecule is CCC(=O)OC(C)[C@@]1(C)CCC[C@]2(C)[C@H]3C[C@H](OC(=O)CC(C)O)[C@]4(C)C5=C(CC[C@H]4[C@]3(C)CC[C@H]21)[C@@H](C)OC5=O. The number of cyclic esters (lactones) is 1. The van der Waals surface area contributed by atoms with Gasteiger partial charge in [-0.2, -0.15) is 0 Å². The zero-order valence-corrected chi connectivity index (χ0v) is 26.5. The van der Waals surface area contributed by atoms with Gasteiger partial charge in [0.1, 0.15) is 18.3 Å². The normalized spacial score (nSPS) is 44.9. The highest BCUT2D eigenvalue weighted by Crippen LogP contribution is 2.74. The van der Waals surface area contributed by atoms with Gasteiger partial charge < -0.3 is 19.3 Å². The highest BCUT2D eigenvalue weighted by molar-refractivity contribution is 5.94. The molecule has 3 fully saturated rings. The van der Waals surface area contributed by atoms with E-state index in [1.807, 2.05) is 13.8 Å². The largest absolute Gasteiger partial charge is 0.462 e. The van der Waals surface area contributed by atoms with Crippen LogP contribution < -0.4 is 0 Å². The summed E-state index contributed by atoms with van der Waals surface area (Å²) in [5, 5.41) is 9.97. The average molecular weight is 573 g/mol. The first-order chi connectivity index (χ1) is 19.1. The molecule has 3 saturated carbocycles. The number of aliphatic hydroxyl groups excluding tert-OH is 1.